The second-order valence-electron chi connectivity index (χ2n) is 5.51. The maximum absolute atomic E-state index is 4.84. The standard InChI is InChI=1S/C17H24BrN3/c1-5-16-15(11-19-12(3)4)17(6-2)21(20-16)14-9-7-8-13(18)10-14/h7-10,12,19H,5-6,11H2,1-4H3. The van der Waals surface area contributed by atoms with Gasteiger partial charge in [-0.25, -0.2) is 4.68 Å². The van der Waals surface area contributed by atoms with Crippen LogP contribution in [0.1, 0.15) is 44.6 Å². The Kier molecular flexibility index (Phi) is 5.59. The molecule has 0 amide bonds. The van der Waals surface area contributed by atoms with Crippen LogP contribution in [0.15, 0.2) is 28.7 Å². The van der Waals surface area contributed by atoms with Crippen LogP contribution in [0.25, 0.3) is 5.69 Å². The van der Waals surface area contributed by atoms with Crippen molar-refractivity contribution in [1.29, 1.82) is 0 Å². The molecule has 21 heavy (non-hydrogen) atoms. The highest BCUT2D eigenvalue weighted by atomic mass is 79.9. The highest BCUT2D eigenvalue weighted by molar-refractivity contribution is 9.10. The minimum atomic E-state index is 0.480. The summed E-state index contributed by atoms with van der Waals surface area (Å²) in [6, 6.07) is 8.80. The van der Waals surface area contributed by atoms with Crippen LogP contribution in [0, 0.1) is 0 Å². The van der Waals surface area contributed by atoms with Crippen LogP contribution in [-0.4, -0.2) is 15.8 Å². The number of benzene rings is 1. The lowest BCUT2D eigenvalue weighted by Gasteiger charge is -2.11. The summed E-state index contributed by atoms with van der Waals surface area (Å²) in [6.45, 7) is 9.61. The van der Waals surface area contributed by atoms with Gasteiger partial charge in [-0.15, -0.1) is 0 Å². The molecule has 0 fully saturated rings. The lowest BCUT2D eigenvalue weighted by Crippen LogP contribution is -2.23. The van der Waals surface area contributed by atoms with Crippen molar-refractivity contribution in [2.24, 2.45) is 0 Å². The van der Waals surface area contributed by atoms with Crippen molar-refractivity contribution in [2.45, 2.75) is 53.1 Å². The van der Waals surface area contributed by atoms with Gasteiger partial charge in [0.15, 0.2) is 0 Å². The van der Waals surface area contributed by atoms with Gasteiger partial charge in [-0.05, 0) is 31.0 Å². The fourth-order valence-corrected chi connectivity index (χ4v) is 2.90. The Morgan fingerprint density at radius 1 is 1.24 bits per heavy atom. The van der Waals surface area contributed by atoms with E-state index in [-0.39, 0.29) is 0 Å². The van der Waals surface area contributed by atoms with Gasteiger partial charge in [0, 0.05) is 28.3 Å². The number of hydrogen-bond donors (Lipinski definition) is 1. The van der Waals surface area contributed by atoms with Crippen LogP contribution in [0.4, 0.5) is 0 Å². The molecule has 4 heteroatoms. The summed E-state index contributed by atoms with van der Waals surface area (Å²) in [6.07, 6.45) is 1.94. The fraction of sp³-hybridized carbons (Fsp3) is 0.471. The number of nitrogens with zero attached hydrogens (tertiary/aromatic N) is 2. The van der Waals surface area contributed by atoms with Crippen molar-refractivity contribution >= 4 is 15.9 Å². The lowest BCUT2D eigenvalue weighted by atomic mass is 10.1. The van der Waals surface area contributed by atoms with E-state index in [1.54, 1.807) is 0 Å². The quantitative estimate of drug-likeness (QED) is 0.844. The Morgan fingerprint density at radius 2 is 2.00 bits per heavy atom. The van der Waals surface area contributed by atoms with Gasteiger partial charge in [0.2, 0.25) is 0 Å². The molecule has 1 heterocycles. The molecule has 0 spiro atoms. The second-order valence-corrected chi connectivity index (χ2v) is 6.42. The molecule has 0 radical (unpaired) electrons. The van der Waals surface area contributed by atoms with E-state index in [9.17, 15) is 0 Å². The molecular formula is C17H24BrN3. The summed E-state index contributed by atoms with van der Waals surface area (Å²) >= 11 is 3.54. The Balaban J connectivity index is 2.47. The van der Waals surface area contributed by atoms with Crippen molar-refractivity contribution in [3.8, 4) is 5.69 Å². The van der Waals surface area contributed by atoms with E-state index in [0.29, 0.717) is 6.04 Å². The normalized spacial score (nSPS) is 11.3. The fourth-order valence-electron chi connectivity index (χ4n) is 2.51. The lowest BCUT2D eigenvalue weighted by molar-refractivity contribution is 0.584. The minimum absolute atomic E-state index is 0.480. The predicted octanol–water partition coefficient (Wildman–Crippen LogP) is 4.26. The van der Waals surface area contributed by atoms with Crippen LogP contribution in [0.5, 0.6) is 0 Å². The van der Waals surface area contributed by atoms with E-state index >= 15 is 0 Å². The first kappa shape index (κ1) is 16.2. The van der Waals surface area contributed by atoms with Gasteiger partial charge in [0.1, 0.15) is 0 Å². The first-order chi connectivity index (χ1) is 10.1. The van der Waals surface area contributed by atoms with E-state index in [4.69, 9.17) is 5.10 Å². The van der Waals surface area contributed by atoms with E-state index < -0.39 is 0 Å². The highest BCUT2D eigenvalue weighted by Gasteiger charge is 2.16. The van der Waals surface area contributed by atoms with Crippen molar-refractivity contribution in [2.75, 3.05) is 0 Å². The molecule has 1 N–H and O–H groups in total. The van der Waals surface area contributed by atoms with Gasteiger partial charge >= 0.3 is 0 Å². The summed E-state index contributed by atoms with van der Waals surface area (Å²) in [5, 5.41) is 8.37. The molecule has 0 saturated heterocycles. The summed E-state index contributed by atoms with van der Waals surface area (Å²) in [4.78, 5) is 0. The molecule has 1 aromatic heterocycles. The van der Waals surface area contributed by atoms with E-state index in [0.717, 1.165) is 29.5 Å². The van der Waals surface area contributed by atoms with Gasteiger partial charge in [0.05, 0.1) is 11.4 Å². The van der Waals surface area contributed by atoms with Gasteiger partial charge in [-0.1, -0.05) is 49.7 Å². The largest absolute Gasteiger partial charge is 0.310 e. The molecule has 114 valence electrons. The van der Waals surface area contributed by atoms with Gasteiger partial charge in [0.25, 0.3) is 0 Å². The molecule has 0 saturated carbocycles. The third-order valence-electron chi connectivity index (χ3n) is 3.58. The minimum Gasteiger partial charge on any atom is -0.310 e. The van der Waals surface area contributed by atoms with Crippen molar-refractivity contribution < 1.29 is 0 Å². The first-order valence-electron chi connectivity index (χ1n) is 7.65. The third kappa shape index (κ3) is 3.74. The SMILES string of the molecule is CCc1nn(-c2cccc(Br)c2)c(CC)c1CNC(C)C. The zero-order valence-electron chi connectivity index (χ0n) is 13.3. The molecule has 0 aliphatic rings. The van der Waals surface area contributed by atoms with E-state index in [2.05, 4.69) is 71.8 Å². The maximum Gasteiger partial charge on any atom is 0.0674 e. The number of rotatable bonds is 6. The zero-order valence-corrected chi connectivity index (χ0v) is 14.9. The Morgan fingerprint density at radius 3 is 2.57 bits per heavy atom. The molecule has 2 rings (SSSR count). The van der Waals surface area contributed by atoms with Gasteiger partial charge < -0.3 is 5.32 Å². The number of nitrogens with one attached hydrogen (secondary N) is 1. The van der Waals surface area contributed by atoms with E-state index in [1.165, 1.54) is 17.0 Å². The molecule has 0 aliphatic heterocycles. The average Bonchev–Trinajstić information content (AvgIpc) is 2.82. The van der Waals surface area contributed by atoms with Crippen LogP contribution in [0.3, 0.4) is 0 Å². The van der Waals surface area contributed by atoms with E-state index in [1.807, 2.05) is 6.07 Å². The molecule has 0 aliphatic carbocycles. The molecule has 0 bridgehead atoms. The monoisotopic (exact) mass is 349 g/mol. The molecule has 1 aromatic carbocycles. The predicted molar refractivity (Wildman–Crippen MR) is 92.0 cm³/mol. The number of halogens is 1. The van der Waals surface area contributed by atoms with Crippen molar-refractivity contribution in [3.63, 3.8) is 0 Å². The number of hydrogen-bond acceptors (Lipinski definition) is 2. The number of aromatic nitrogens is 2. The highest BCUT2D eigenvalue weighted by Crippen LogP contribution is 2.22. The Bertz CT molecular complexity index is 602. The third-order valence-corrected chi connectivity index (χ3v) is 4.08. The molecule has 2 aromatic rings. The second kappa shape index (κ2) is 7.23. The zero-order chi connectivity index (χ0) is 15.4. The topological polar surface area (TPSA) is 29.9 Å². The van der Waals surface area contributed by atoms with Crippen molar-refractivity contribution in [1.82, 2.24) is 15.1 Å². The van der Waals surface area contributed by atoms with Crippen LogP contribution < -0.4 is 5.32 Å². The molecule has 0 unspecified atom stereocenters. The smallest absolute Gasteiger partial charge is 0.0674 e. The van der Waals surface area contributed by atoms with Gasteiger partial charge in [-0.3, -0.25) is 0 Å². The summed E-state index contributed by atoms with van der Waals surface area (Å²) in [7, 11) is 0. The molecule has 3 nitrogen and oxygen atoms in total. The Hall–Kier alpha value is -1.13. The maximum atomic E-state index is 4.84. The van der Waals surface area contributed by atoms with Crippen LogP contribution in [-0.2, 0) is 19.4 Å². The summed E-state index contributed by atoms with van der Waals surface area (Å²) < 4.78 is 3.18. The number of aryl methyl sites for hydroxylation is 1. The van der Waals surface area contributed by atoms with Crippen molar-refractivity contribution in [3.05, 3.63) is 45.7 Å². The van der Waals surface area contributed by atoms with Gasteiger partial charge in [-0.2, -0.15) is 5.10 Å². The molecule has 0 atom stereocenters. The van der Waals surface area contributed by atoms with Crippen LogP contribution in [0.2, 0.25) is 0 Å². The summed E-state index contributed by atoms with van der Waals surface area (Å²) in [5.41, 5.74) is 4.97. The Labute approximate surface area is 135 Å². The van der Waals surface area contributed by atoms with Crippen LogP contribution >= 0.6 is 15.9 Å². The first-order valence-corrected chi connectivity index (χ1v) is 8.45. The molecular weight excluding hydrogens is 326 g/mol. The average molecular weight is 350 g/mol. The summed E-state index contributed by atoms with van der Waals surface area (Å²) in [5.74, 6) is 0.